The van der Waals surface area contributed by atoms with E-state index >= 15 is 0 Å². The summed E-state index contributed by atoms with van der Waals surface area (Å²) in [7, 11) is 0. The number of halogens is 3. The van der Waals surface area contributed by atoms with E-state index in [0.717, 1.165) is 41.6 Å². The Morgan fingerprint density at radius 3 is 1.55 bits per heavy atom. The highest BCUT2D eigenvalue weighted by atomic mass is 35.5. The molecule has 0 unspecified atom stereocenters. The van der Waals surface area contributed by atoms with Crippen LogP contribution in [0, 0.1) is 13.8 Å². The zero-order valence-electron chi connectivity index (χ0n) is 21.5. The van der Waals surface area contributed by atoms with Crippen molar-refractivity contribution in [1.29, 1.82) is 0 Å². The molecule has 4 heterocycles. The van der Waals surface area contributed by atoms with Gasteiger partial charge in [-0.15, -0.1) is 22.7 Å². The van der Waals surface area contributed by atoms with Crippen LogP contribution in [-0.2, 0) is 12.8 Å². The van der Waals surface area contributed by atoms with Crippen LogP contribution < -0.4 is 4.74 Å². The number of aryl methyl sites for hydroxylation is 2. The zero-order valence-corrected chi connectivity index (χ0v) is 25.4. The van der Waals surface area contributed by atoms with Crippen molar-refractivity contribution in [3.8, 4) is 6.01 Å². The molecule has 0 amide bonds. The monoisotopic (exact) mass is 662 g/mol. The topological polar surface area (TPSA) is 112 Å². The minimum absolute atomic E-state index is 0. The number of thiazole rings is 2. The Hall–Kier alpha value is -3.09. The van der Waals surface area contributed by atoms with Gasteiger partial charge in [0.15, 0.2) is 0 Å². The Morgan fingerprint density at radius 1 is 0.619 bits per heavy atom. The van der Waals surface area contributed by atoms with E-state index in [1.165, 1.54) is 0 Å². The number of aromatic nitrogens is 8. The van der Waals surface area contributed by atoms with Crippen LogP contribution in [0.3, 0.4) is 0 Å². The fraction of sp³-hybridized carbons (Fsp3) is 0.286. The molecule has 4 aromatic heterocycles. The van der Waals surface area contributed by atoms with Crippen molar-refractivity contribution in [3.05, 3.63) is 85.0 Å². The SMILES string of the molecule is C.C.CCOc1nc(Cl)nc(Cc2ccc3nc(C)sc3c2)n1.Cc1nc2ccc(Cc3nc(Cl)nc(Cl)n3)cc2s1. The maximum absolute atomic E-state index is 5.90. The van der Waals surface area contributed by atoms with E-state index in [2.05, 4.69) is 52.0 Å². The summed E-state index contributed by atoms with van der Waals surface area (Å²) in [6, 6.07) is 12.5. The lowest BCUT2D eigenvalue weighted by Crippen LogP contribution is -2.04. The number of hydrogen-bond acceptors (Lipinski definition) is 11. The van der Waals surface area contributed by atoms with Crippen molar-refractivity contribution in [3.63, 3.8) is 0 Å². The number of fused-ring (bicyclic) bond motifs is 2. The molecule has 0 spiro atoms. The summed E-state index contributed by atoms with van der Waals surface area (Å²) in [6.07, 6.45) is 1.14. The Labute approximate surface area is 267 Å². The van der Waals surface area contributed by atoms with Gasteiger partial charge in [0, 0.05) is 12.8 Å². The Balaban J connectivity index is 0.000000221. The largest absolute Gasteiger partial charge is 0.464 e. The average molecular weight is 664 g/mol. The Bertz CT molecular complexity index is 1790. The first-order valence-corrected chi connectivity index (χ1v) is 14.8. The third-order valence-corrected chi connectivity index (χ3v) is 7.75. The van der Waals surface area contributed by atoms with Gasteiger partial charge in [-0.05, 0) is 91.0 Å². The standard InChI is InChI=1S/C14H13ClN4OS.C12H8Cl2N4S.2CH4/c1-3-20-14-18-12(17-13(15)19-14)7-9-4-5-10-11(6-9)21-8(2)16-10;1-6-15-8-3-2-7(4-9(8)19-6)5-10-16-11(13)18-12(14)17-10;;/h4-6H,3,7H2,1-2H3;2-4H,5H2,1H3;2*1H4. The molecule has 42 heavy (non-hydrogen) atoms. The lowest BCUT2D eigenvalue weighted by Gasteiger charge is -2.04. The molecule has 0 saturated heterocycles. The first kappa shape index (κ1) is 33.4. The van der Waals surface area contributed by atoms with E-state index in [9.17, 15) is 0 Å². The smallest absolute Gasteiger partial charge is 0.320 e. The molecule has 2 aromatic carbocycles. The lowest BCUT2D eigenvalue weighted by atomic mass is 10.1. The highest BCUT2D eigenvalue weighted by molar-refractivity contribution is 7.18. The summed E-state index contributed by atoms with van der Waals surface area (Å²) >= 11 is 20.8. The third kappa shape index (κ3) is 8.71. The van der Waals surface area contributed by atoms with Crippen LogP contribution in [0.5, 0.6) is 6.01 Å². The highest BCUT2D eigenvalue weighted by Gasteiger charge is 2.09. The average Bonchev–Trinajstić information content (AvgIpc) is 3.43. The van der Waals surface area contributed by atoms with Gasteiger partial charge in [0.05, 0.1) is 37.1 Å². The first-order chi connectivity index (χ1) is 19.2. The molecular weight excluding hydrogens is 635 g/mol. The molecule has 0 bridgehead atoms. The second-order valence-corrected chi connectivity index (χ2v) is 11.9. The maximum Gasteiger partial charge on any atom is 0.320 e. The van der Waals surface area contributed by atoms with Crippen molar-refractivity contribution in [2.45, 2.75) is 48.5 Å². The van der Waals surface area contributed by atoms with Crippen LogP contribution in [0.1, 0.15) is 54.6 Å². The van der Waals surface area contributed by atoms with Gasteiger partial charge in [0.2, 0.25) is 15.9 Å². The minimum atomic E-state index is 0. The fourth-order valence-electron chi connectivity index (χ4n) is 3.84. The Kier molecular flexibility index (Phi) is 11.8. The molecule has 0 aliphatic heterocycles. The Morgan fingerprint density at radius 2 is 1.07 bits per heavy atom. The minimum Gasteiger partial charge on any atom is -0.464 e. The molecule has 0 N–H and O–H groups in total. The van der Waals surface area contributed by atoms with Crippen LogP contribution in [0.4, 0.5) is 0 Å². The first-order valence-electron chi connectivity index (χ1n) is 12.1. The molecule has 0 saturated carbocycles. The van der Waals surface area contributed by atoms with Gasteiger partial charge in [-0.3, -0.25) is 0 Å². The van der Waals surface area contributed by atoms with Gasteiger partial charge in [-0.1, -0.05) is 27.0 Å². The van der Waals surface area contributed by atoms with Gasteiger partial charge in [0.1, 0.15) is 11.6 Å². The molecule has 6 aromatic rings. The molecule has 14 heteroatoms. The third-order valence-electron chi connectivity index (χ3n) is 5.38. The quantitative estimate of drug-likeness (QED) is 0.173. The number of rotatable bonds is 6. The summed E-state index contributed by atoms with van der Waals surface area (Å²) < 4.78 is 7.60. The molecule has 220 valence electrons. The summed E-state index contributed by atoms with van der Waals surface area (Å²) in [6.45, 7) is 6.36. The van der Waals surface area contributed by atoms with E-state index in [-0.39, 0.29) is 36.7 Å². The van der Waals surface area contributed by atoms with Crippen molar-refractivity contribution < 1.29 is 4.74 Å². The summed E-state index contributed by atoms with van der Waals surface area (Å²) in [4.78, 5) is 33.1. The van der Waals surface area contributed by atoms with Gasteiger partial charge in [-0.25, -0.2) is 24.9 Å². The van der Waals surface area contributed by atoms with E-state index in [1.54, 1.807) is 22.7 Å². The summed E-state index contributed by atoms with van der Waals surface area (Å²) in [5.74, 6) is 1.16. The summed E-state index contributed by atoms with van der Waals surface area (Å²) in [5, 5.41) is 2.50. The van der Waals surface area contributed by atoms with Crippen molar-refractivity contribution >= 4 is 77.9 Å². The molecular formula is C28H29Cl3N8OS2. The molecule has 0 fully saturated rings. The second kappa shape index (κ2) is 14.9. The van der Waals surface area contributed by atoms with Crippen molar-refractivity contribution in [2.75, 3.05) is 6.61 Å². The molecule has 0 radical (unpaired) electrons. The van der Waals surface area contributed by atoms with Gasteiger partial charge >= 0.3 is 6.01 Å². The normalized spacial score (nSPS) is 10.5. The predicted octanol–water partition coefficient (Wildman–Crippen LogP) is 8.39. The lowest BCUT2D eigenvalue weighted by molar-refractivity contribution is 0.310. The van der Waals surface area contributed by atoms with Crippen LogP contribution in [0.2, 0.25) is 15.9 Å². The van der Waals surface area contributed by atoms with Gasteiger partial charge in [0.25, 0.3) is 0 Å². The summed E-state index contributed by atoms with van der Waals surface area (Å²) in [5.41, 5.74) is 4.23. The molecule has 0 aliphatic carbocycles. The number of ether oxygens (including phenoxy) is 1. The van der Waals surface area contributed by atoms with Gasteiger partial charge in [-0.2, -0.15) is 15.0 Å². The highest BCUT2D eigenvalue weighted by Crippen LogP contribution is 2.25. The molecule has 9 nitrogen and oxygen atoms in total. The van der Waals surface area contributed by atoms with Crippen LogP contribution >= 0.6 is 57.5 Å². The van der Waals surface area contributed by atoms with Crippen LogP contribution in [0.25, 0.3) is 20.4 Å². The predicted molar refractivity (Wildman–Crippen MR) is 174 cm³/mol. The molecule has 0 atom stereocenters. The van der Waals surface area contributed by atoms with Crippen molar-refractivity contribution in [2.24, 2.45) is 0 Å². The van der Waals surface area contributed by atoms with Crippen LogP contribution in [0.15, 0.2) is 36.4 Å². The second-order valence-electron chi connectivity index (χ2n) is 8.45. The van der Waals surface area contributed by atoms with E-state index in [4.69, 9.17) is 39.5 Å². The van der Waals surface area contributed by atoms with Crippen molar-refractivity contribution in [1.82, 2.24) is 39.9 Å². The van der Waals surface area contributed by atoms with Crippen LogP contribution in [-0.4, -0.2) is 46.5 Å². The molecule has 6 rings (SSSR count). The number of nitrogens with zero attached hydrogens (tertiary/aromatic N) is 8. The molecule has 0 aliphatic rings. The van der Waals surface area contributed by atoms with E-state index < -0.39 is 0 Å². The number of benzene rings is 2. The zero-order chi connectivity index (χ0) is 28.2. The van der Waals surface area contributed by atoms with E-state index in [0.29, 0.717) is 31.1 Å². The van der Waals surface area contributed by atoms with E-state index in [1.807, 2.05) is 45.0 Å². The van der Waals surface area contributed by atoms with Gasteiger partial charge < -0.3 is 4.74 Å². The number of hydrogen-bond donors (Lipinski definition) is 0. The fourth-order valence-corrected chi connectivity index (χ4v) is 6.19. The maximum atomic E-state index is 5.90.